The summed E-state index contributed by atoms with van der Waals surface area (Å²) in [7, 11) is 0. The monoisotopic (exact) mass is 247 g/mol. The molecule has 0 aromatic rings. The van der Waals surface area contributed by atoms with E-state index in [0.29, 0.717) is 11.9 Å². The van der Waals surface area contributed by atoms with Crippen LogP contribution in [0.25, 0.3) is 0 Å². The molecule has 1 aliphatic rings. The maximum Gasteiger partial charge on any atom is 0.0900 e. The van der Waals surface area contributed by atoms with Crippen LogP contribution in [0.2, 0.25) is 0 Å². The molecule has 0 aromatic heterocycles. The molecule has 3 nitrogen and oxygen atoms in total. The lowest BCUT2D eigenvalue weighted by atomic mass is 10.3. The Labute approximate surface area is 104 Å². The minimum Gasteiger partial charge on any atom is -0.389 e. The first-order valence-corrected chi connectivity index (χ1v) is 7.37. The van der Waals surface area contributed by atoms with E-state index in [0.717, 1.165) is 39.1 Å². The van der Waals surface area contributed by atoms with E-state index in [9.17, 15) is 5.11 Å². The molecule has 16 heavy (non-hydrogen) atoms. The van der Waals surface area contributed by atoms with E-state index >= 15 is 0 Å². The van der Waals surface area contributed by atoms with Crippen molar-refractivity contribution in [2.75, 3.05) is 38.6 Å². The predicted octanol–water partition coefficient (Wildman–Crippen LogP) is 1.60. The standard InChI is InChI=1S/C12H25NO2S/c1-3-4-6-15-10-12(14)9-13-5-7-16-11(2)8-13/h11-12,14H,3-10H2,1-2H3. The van der Waals surface area contributed by atoms with Crippen molar-refractivity contribution in [1.29, 1.82) is 0 Å². The summed E-state index contributed by atoms with van der Waals surface area (Å²) in [5.41, 5.74) is 0. The topological polar surface area (TPSA) is 32.7 Å². The normalized spacial score (nSPS) is 24.6. The zero-order chi connectivity index (χ0) is 11.8. The number of ether oxygens (including phenoxy) is 1. The van der Waals surface area contributed by atoms with Crippen molar-refractivity contribution in [3.8, 4) is 0 Å². The van der Waals surface area contributed by atoms with E-state index in [-0.39, 0.29) is 6.10 Å². The molecule has 0 aromatic carbocycles. The van der Waals surface area contributed by atoms with Crippen LogP contribution in [0.15, 0.2) is 0 Å². The van der Waals surface area contributed by atoms with Gasteiger partial charge in [0.15, 0.2) is 0 Å². The predicted molar refractivity (Wildman–Crippen MR) is 70.1 cm³/mol. The average Bonchev–Trinajstić information content (AvgIpc) is 2.24. The molecule has 0 amide bonds. The Morgan fingerprint density at radius 3 is 3.06 bits per heavy atom. The fourth-order valence-corrected chi connectivity index (χ4v) is 2.96. The summed E-state index contributed by atoms with van der Waals surface area (Å²) in [4.78, 5) is 2.34. The van der Waals surface area contributed by atoms with E-state index in [1.807, 2.05) is 11.8 Å². The quantitative estimate of drug-likeness (QED) is 0.693. The molecule has 0 bridgehead atoms. The Kier molecular flexibility index (Phi) is 7.45. The molecule has 1 rings (SSSR count). The highest BCUT2D eigenvalue weighted by molar-refractivity contribution is 7.99. The second kappa shape index (κ2) is 8.34. The summed E-state index contributed by atoms with van der Waals surface area (Å²) in [6, 6.07) is 0. The smallest absolute Gasteiger partial charge is 0.0900 e. The minimum absolute atomic E-state index is 0.327. The number of rotatable bonds is 7. The van der Waals surface area contributed by atoms with Crippen LogP contribution < -0.4 is 0 Å². The van der Waals surface area contributed by atoms with Crippen LogP contribution >= 0.6 is 11.8 Å². The second-order valence-electron chi connectivity index (χ2n) is 4.52. The fourth-order valence-electron chi connectivity index (χ4n) is 1.87. The Bertz CT molecular complexity index is 180. The van der Waals surface area contributed by atoms with Crippen LogP contribution in [0.4, 0.5) is 0 Å². The number of aliphatic hydroxyl groups is 1. The minimum atomic E-state index is -0.327. The van der Waals surface area contributed by atoms with E-state index in [1.54, 1.807) is 0 Å². The van der Waals surface area contributed by atoms with Gasteiger partial charge < -0.3 is 9.84 Å². The first-order chi connectivity index (χ1) is 7.72. The van der Waals surface area contributed by atoms with Crippen molar-refractivity contribution in [2.45, 2.75) is 38.0 Å². The van der Waals surface area contributed by atoms with Crippen molar-refractivity contribution in [2.24, 2.45) is 0 Å². The lowest BCUT2D eigenvalue weighted by Crippen LogP contribution is -2.42. The second-order valence-corrected chi connectivity index (χ2v) is 6.07. The highest BCUT2D eigenvalue weighted by Crippen LogP contribution is 2.17. The Morgan fingerprint density at radius 2 is 2.38 bits per heavy atom. The van der Waals surface area contributed by atoms with Crippen LogP contribution in [-0.2, 0) is 4.74 Å². The van der Waals surface area contributed by atoms with E-state index in [2.05, 4.69) is 18.7 Å². The summed E-state index contributed by atoms with van der Waals surface area (Å²) in [6.07, 6.45) is 1.91. The Morgan fingerprint density at radius 1 is 1.56 bits per heavy atom. The number of unbranched alkanes of at least 4 members (excludes halogenated alkanes) is 1. The molecule has 0 radical (unpaired) electrons. The molecular weight excluding hydrogens is 222 g/mol. The SMILES string of the molecule is CCCCOCC(O)CN1CCSC(C)C1. The molecule has 1 aliphatic heterocycles. The van der Waals surface area contributed by atoms with Crippen molar-refractivity contribution in [1.82, 2.24) is 4.90 Å². The van der Waals surface area contributed by atoms with Gasteiger partial charge in [-0.1, -0.05) is 20.3 Å². The van der Waals surface area contributed by atoms with Gasteiger partial charge in [0.25, 0.3) is 0 Å². The third-order valence-electron chi connectivity index (χ3n) is 2.75. The molecule has 1 saturated heterocycles. The van der Waals surface area contributed by atoms with Gasteiger partial charge in [-0.05, 0) is 6.42 Å². The lowest BCUT2D eigenvalue weighted by Gasteiger charge is -2.31. The van der Waals surface area contributed by atoms with Gasteiger partial charge in [0.1, 0.15) is 0 Å². The van der Waals surface area contributed by atoms with Crippen molar-refractivity contribution >= 4 is 11.8 Å². The van der Waals surface area contributed by atoms with Gasteiger partial charge in [0, 0.05) is 37.2 Å². The van der Waals surface area contributed by atoms with Gasteiger partial charge in [0.05, 0.1) is 12.7 Å². The number of thioether (sulfide) groups is 1. The van der Waals surface area contributed by atoms with Crippen LogP contribution in [0.3, 0.4) is 0 Å². The summed E-state index contributed by atoms with van der Waals surface area (Å²) in [6.45, 7) is 8.61. The molecule has 2 unspecified atom stereocenters. The maximum atomic E-state index is 9.81. The molecule has 96 valence electrons. The molecular formula is C12H25NO2S. The molecule has 2 atom stereocenters. The van der Waals surface area contributed by atoms with Gasteiger partial charge in [-0.3, -0.25) is 4.90 Å². The molecule has 1 N–H and O–H groups in total. The molecule has 0 saturated carbocycles. The van der Waals surface area contributed by atoms with Gasteiger partial charge in [-0.2, -0.15) is 11.8 Å². The highest BCUT2D eigenvalue weighted by Gasteiger charge is 2.18. The van der Waals surface area contributed by atoms with Crippen molar-refractivity contribution < 1.29 is 9.84 Å². The Balaban J connectivity index is 2.06. The summed E-state index contributed by atoms with van der Waals surface area (Å²) in [5.74, 6) is 1.19. The summed E-state index contributed by atoms with van der Waals surface area (Å²) >= 11 is 2.02. The molecule has 1 fully saturated rings. The van der Waals surface area contributed by atoms with E-state index in [1.165, 1.54) is 5.75 Å². The third kappa shape index (κ3) is 6.09. The zero-order valence-corrected chi connectivity index (χ0v) is 11.3. The largest absolute Gasteiger partial charge is 0.389 e. The molecule has 1 heterocycles. The van der Waals surface area contributed by atoms with E-state index < -0.39 is 0 Å². The first-order valence-electron chi connectivity index (χ1n) is 6.32. The molecule has 0 spiro atoms. The molecule has 4 heteroatoms. The van der Waals surface area contributed by atoms with Crippen LogP contribution in [0.5, 0.6) is 0 Å². The van der Waals surface area contributed by atoms with Crippen LogP contribution in [0, 0.1) is 0 Å². The zero-order valence-electron chi connectivity index (χ0n) is 10.5. The van der Waals surface area contributed by atoms with Gasteiger partial charge in [-0.25, -0.2) is 0 Å². The number of hydrogen-bond acceptors (Lipinski definition) is 4. The number of aliphatic hydroxyl groups excluding tert-OH is 1. The number of nitrogens with zero attached hydrogens (tertiary/aromatic N) is 1. The van der Waals surface area contributed by atoms with Gasteiger partial charge >= 0.3 is 0 Å². The highest BCUT2D eigenvalue weighted by atomic mass is 32.2. The van der Waals surface area contributed by atoms with Crippen molar-refractivity contribution in [3.63, 3.8) is 0 Å². The summed E-state index contributed by atoms with van der Waals surface area (Å²) < 4.78 is 5.42. The Hall–Kier alpha value is 0.230. The van der Waals surface area contributed by atoms with Gasteiger partial charge in [0.2, 0.25) is 0 Å². The van der Waals surface area contributed by atoms with Crippen molar-refractivity contribution in [3.05, 3.63) is 0 Å². The fraction of sp³-hybridized carbons (Fsp3) is 1.00. The molecule has 0 aliphatic carbocycles. The van der Waals surface area contributed by atoms with Crippen LogP contribution in [0.1, 0.15) is 26.7 Å². The number of β-amino-alcohol motifs (C(OH)–C–C–N with tert-alkyl or cyclic N) is 1. The maximum absolute atomic E-state index is 9.81. The van der Waals surface area contributed by atoms with Crippen LogP contribution in [-0.4, -0.2) is 60.0 Å². The van der Waals surface area contributed by atoms with Gasteiger partial charge in [-0.15, -0.1) is 0 Å². The number of hydrogen-bond donors (Lipinski definition) is 1. The first kappa shape index (κ1) is 14.3. The summed E-state index contributed by atoms with van der Waals surface area (Å²) in [5, 5.41) is 10.5. The lowest BCUT2D eigenvalue weighted by molar-refractivity contribution is 0.0166. The van der Waals surface area contributed by atoms with E-state index in [4.69, 9.17) is 4.74 Å². The average molecular weight is 247 g/mol. The third-order valence-corrected chi connectivity index (χ3v) is 3.88.